The quantitative estimate of drug-likeness (QED) is 0.682. The van der Waals surface area contributed by atoms with Crippen molar-refractivity contribution in [3.05, 3.63) is 47.5 Å². The van der Waals surface area contributed by atoms with Crippen molar-refractivity contribution in [1.82, 2.24) is 29.9 Å². The first-order valence-electron chi connectivity index (χ1n) is 9.91. The maximum absolute atomic E-state index is 13.2. The summed E-state index contributed by atoms with van der Waals surface area (Å²) in [4.78, 5) is 6.18. The predicted molar refractivity (Wildman–Crippen MR) is 104 cm³/mol. The van der Waals surface area contributed by atoms with Crippen LogP contribution in [0.5, 0.6) is 0 Å². The number of nitrogens with one attached hydrogen (secondary N) is 1. The van der Waals surface area contributed by atoms with Gasteiger partial charge in [-0.05, 0) is 38.4 Å². The van der Waals surface area contributed by atoms with E-state index < -0.39 is 17.6 Å². The van der Waals surface area contributed by atoms with Gasteiger partial charge in [-0.2, -0.15) is 23.4 Å². The number of likely N-dealkylation sites (tertiary alicyclic amines) is 1. The largest absolute Gasteiger partial charge is 0.419 e. The number of aromatic nitrogens is 5. The summed E-state index contributed by atoms with van der Waals surface area (Å²) in [5.74, 6) is -0.519. The molecule has 1 fully saturated rings. The van der Waals surface area contributed by atoms with Crippen molar-refractivity contribution in [1.29, 1.82) is 0 Å². The van der Waals surface area contributed by atoms with Gasteiger partial charge in [0.25, 0.3) is 0 Å². The highest BCUT2D eigenvalue weighted by atomic mass is 19.4. The molecule has 3 N–H and O–H groups in total. The molecule has 2 aliphatic rings. The Hall–Kier alpha value is -2.88. The third kappa shape index (κ3) is 2.97. The number of H-pyrrole nitrogens is 1. The zero-order chi connectivity index (χ0) is 21.1. The third-order valence-electron chi connectivity index (χ3n) is 6.58. The lowest BCUT2D eigenvalue weighted by molar-refractivity contribution is -0.137. The number of hydrogen-bond donors (Lipinski definition) is 2. The van der Waals surface area contributed by atoms with E-state index in [1.165, 1.54) is 6.20 Å². The molecule has 30 heavy (non-hydrogen) atoms. The van der Waals surface area contributed by atoms with Crippen LogP contribution >= 0.6 is 0 Å². The number of fused-ring (bicyclic) bond motifs is 2. The average molecular weight is 417 g/mol. The third-order valence-corrected chi connectivity index (χ3v) is 6.58. The molecule has 0 radical (unpaired) electrons. The summed E-state index contributed by atoms with van der Waals surface area (Å²) in [5, 5.41) is 11.5. The molecule has 5 rings (SSSR count). The Labute approximate surface area is 171 Å². The number of nitrogens with zero attached hydrogens (tertiary/aromatic N) is 5. The van der Waals surface area contributed by atoms with E-state index in [4.69, 9.17) is 5.73 Å². The van der Waals surface area contributed by atoms with Gasteiger partial charge in [0.05, 0.1) is 17.5 Å². The molecule has 1 spiro atoms. The van der Waals surface area contributed by atoms with Gasteiger partial charge < -0.3 is 5.73 Å². The fourth-order valence-corrected chi connectivity index (χ4v) is 4.79. The summed E-state index contributed by atoms with van der Waals surface area (Å²) in [6.07, 6.45) is 2.55. The van der Waals surface area contributed by atoms with E-state index >= 15 is 0 Å². The summed E-state index contributed by atoms with van der Waals surface area (Å²) in [6.45, 7) is 4.77. The topological polar surface area (TPSA) is 88.7 Å². The maximum atomic E-state index is 13.2. The highest BCUT2D eigenvalue weighted by Crippen LogP contribution is 2.46. The zero-order valence-electron chi connectivity index (χ0n) is 16.4. The van der Waals surface area contributed by atoms with E-state index in [1.54, 1.807) is 0 Å². The van der Waals surface area contributed by atoms with Gasteiger partial charge in [0, 0.05) is 53.8 Å². The molecule has 158 valence electrons. The molecule has 1 saturated heterocycles. The number of rotatable bonds is 3. The highest BCUT2D eigenvalue weighted by Gasteiger charge is 2.46. The van der Waals surface area contributed by atoms with Crippen molar-refractivity contribution in [2.45, 2.75) is 43.9 Å². The van der Waals surface area contributed by atoms with Crippen molar-refractivity contribution < 1.29 is 13.2 Å². The molecule has 5 heterocycles. The number of pyridine rings is 1. The molecule has 2 atom stereocenters. The minimum Gasteiger partial charge on any atom is -0.383 e. The molecule has 0 saturated carbocycles. The summed E-state index contributed by atoms with van der Waals surface area (Å²) < 4.78 is 41.6. The predicted octanol–water partition coefficient (Wildman–Crippen LogP) is 3.38. The van der Waals surface area contributed by atoms with Crippen molar-refractivity contribution in [2.24, 2.45) is 0 Å². The van der Waals surface area contributed by atoms with E-state index in [0.717, 1.165) is 49.8 Å². The van der Waals surface area contributed by atoms with Crippen molar-refractivity contribution >= 4 is 5.82 Å². The van der Waals surface area contributed by atoms with Gasteiger partial charge in [0.15, 0.2) is 0 Å². The lowest BCUT2D eigenvalue weighted by Gasteiger charge is -2.27. The second kappa shape index (κ2) is 6.56. The van der Waals surface area contributed by atoms with Crippen LogP contribution in [0, 0.1) is 0 Å². The molecule has 3 aromatic rings. The molecular formula is C20H22F3N7. The van der Waals surface area contributed by atoms with Gasteiger partial charge >= 0.3 is 6.18 Å². The number of hydrogen-bond acceptors (Lipinski definition) is 5. The summed E-state index contributed by atoms with van der Waals surface area (Å²) in [6, 6.07) is 3.21. The Kier molecular flexibility index (Phi) is 4.18. The number of aromatic amines is 1. The lowest BCUT2D eigenvalue weighted by atomic mass is 9.82. The van der Waals surface area contributed by atoms with E-state index in [1.807, 2.05) is 23.1 Å². The van der Waals surface area contributed by atoms with Gasteiger partial charge in [-0.15, -0.1) is 0 Å². The van der Waals surface area contributed by atoms with Crippen LogP contribution in [0.25, 0.3) is 11.3 Å². The summed E-state index contributed by atoms with van der Waals surface area (Å²) >= 11 is 0. The van der Waals surface area contributed by atoms with Gasteiger partial charge in [0.2, 0.25) is 0 Å². The van der Waals surface area contributed by atoms with Crippen LogP contribution in [0.15, 0.2) is 30.7 Å². The first-order valence-corrected chi connectivity index (χ1v) is 9.91. The Balaban J connectivity index is 1.44. The molecule has 0 aromatic carbocycles. The van der Waals surface area contributed by atoms with Crippen LogP contribution in [0.4, 0.5) is 19.0 Å². The second-order valence-electron chi connectivity index (χ2n) is 8.25. The first-order chi connectivity index (χ1) is 14.3. The monoisotopic (exact) mass is 417 g/mol. The maximum Gasteiger partial charge on any atom is 0.419 e. The summed E-state index contributed by atoms with van der Waals surface area (Å²) in [7, 11) is 0. The molecule has 0 bridgehead atoms. The minimum absolute atomic E-state index is 0.0304. The molecule has 7 nitrogen and oxygen atoms in total. The zero-order valence-corrected chi connectivity index (χ0v) is 16.4. The first kappa shape index (κ1) is 19.1. The number of aryl methyl sites for hydroxylation is 1. The van der Waals surface area contributed by atoms with Crippen LogP contribution in [0.1, 0.15) is 42.6 Å². The van der Waals surface area contributed by atoms with Crippen molar-refractivity contribution in [2.75, 3.05) is 18.8 Å². The van der Waals surface area contributed by atoms with Gasteiger partial charge in [-0.1, -0.05) is 0 Å². The lowest BCUT2D eigenvalue weighted by Crippen LogP contribution is -2.30. The van der Waals surface area contributed by atoms with Crippen molar-refractivity contribution in [3.63, 3.8) is 0 Å². The van der Waals surface area contributed by atoms with E-state index in [9.17, 15) is 13.2 Å². The van der Waals surface area contributed by atoms with Gasteiger partial charge in [-0.3, -0.25) is 14.7 Å². The molecule has 10 heteroatoms. The number of nitrogen functional groups attached to an aromatic ring is 1. The van der Waals surface area contributed by atoms with Gasteiger partial charge in [-0.25, -0.2) is 4.98 Å². The molecule has 1 unspecified atom stereocenters. The molecule has 0 aliphatic carbocycles. The smallest absolute Gasteiger partial charge is 0.383 e. The number of anilines is 1. The van der Waals surface area contributed by atoms with Crippen molar-refractivity contribution in [3.8, 4) is 11.3 Å². The van der Waals surface area contributed by atoms with E-state index in [-0.39, 0.29) is 11.5 Å². The Morgan fingerprint density at radius 3 is 2.73 bits per heavy atom. The molecule has 3 aromatic heterocycles. The Morgan fingerprint density at radius 1 is 1.20 bits per heavy atom. The highest BCUT2D eigenvalue weighted by molar-refractivity contribution is 5.63. The normalized spacial score (nSPS) is 22.7. The van der Waals surface area contributed by atoms with Crippen LogP contribution in [-0.2, 0) is 18.1 Å². The standard InChI is InChI=1S/C20H22F3N7/c1-12(14-9-26-27-10-14)29-4-2-19(11-29)3-5-30-17(19)7-16(28-30)13-6-15(20(21,22)23)18(24)25-8-13/h6-10,12H,2-5,11H2,1H3,(H2,24,25)(H,26,27)/t12?,19-/m1/s1. The average Bonchev–Trinajstić information content (AvgIpc) is 3.48. The van der Waals surface area contributed by atoms with Crippen LogP contribution < -0.4 is 5.73 Å². The molecule has 2 aliphatic heterocycles. The second-order valence-corrected chi connectivity index (χ2v) is 8.25. The van der Waals surface area contributed by atoms with Crippen LogP contribution in [0.2, 0.25) is 0 Å². The summed E-state index contributed by atoms with van der Waals surface area (Å²) in [5.41, 5.74) is 7.54. The Morgan fingerprint density at radius 2 is 2.00 bits per heavy atom. The van der Waals surface area contributed by atoms with E-state index in [2.05, 4.69) is 32.1 Å². The molecular weight excluding hydrogens is 395 g/mol. The van der Waals surface area contributed by atoms with Crippen LogP contribution in [-0.4, -0.2) is 43.0 Å². The number of halogens is 3. The number of alkyl halides is 3. The molecule has 0 amide bonds. The van der Waals surface area contributed by atoms with Crippen LogP contribution in [0.3, 0.4) is 0 Å². The fourth-order valence-electron chi connectivity index (χ4n) is 4.79. The van der Waals surface area contributed by atoms with Gasteiger partial charge in [0.1, 0.15) is 5.82 Å². The van der Waals surface area contributed by atoms with E-state index in [0.29, 0.717) is 11.3 Å². The Bertz CT molecular complexity index is 1070. The number of nitrogens with two attached hydrogens (primary N) is 1. The fraction of sp³-hybridized carbons (Fsp3) is 0.450. The minimum atomic E-state index is -4.55. The SMILES string of the molecule is CC(c1cn[nH]c1)N1CC[C@@]2(CCn3nc(-c4cnc(N)c(C(F)(F)F)c4)cc32)C1.